The smallest absolute Gasteiger partial charge is 0.340 e. The first-order valence-corrected chi connectivity index (χ1v) is 6.68. The summed E-state index contributed by atoms with van der Waals surface area (Å²) in [6.45, 7) is 1.96. The van der Waals surface area contributed by atoms with Gasteiger partial charge in [-0.05, 0) is 25.5 Å². The van der Waals surface area contributed by atoms with E-state index in [1.165, 1.54) is 0 Å². The van der Waals surface area contributed by atoms with Crippen molar-refractivity contribution < 1.29 is 19.1 Å². The fourth-order valence-electron chi connectivity index (χ4n) is 2.10. The number of imide groups is 1. The number of esters is 1. The van der Waals surface area contributed by atoms with E-state index in [0.29, 0.717) is 12.1 Å². The number of para-hydroxylation sites is 1. The fraction of sp³-hybridized carbons (Fsp3) is 0.357. The molecule has 4 N–H and O–H groups in total. The van der Waals surface area contributed by atoms with Gasteiger partial charge >= 0.3 is 5.97 Å². The number of hydrogen-bond donors (Lipinski definition) is 3. The molecule has 1 fully saturated rings. The Bertz CT molecular complexity index is 586. The van der Waals surface area contributed by atoms with Crippen LogP contribution in [0.4, 0.5) is 11.4 Å². The number of nitrogens with two attached hydrogens (primary N) is 1. The normalized spacial score (nSPS) is 18.0. The molecule has 0 aromatic heterocycles. The SMILES string of the molecule is CCOC(=O)c1cccc(NC2CCC(=O)NC2=O)c1N. The summed E-state index contributed by atoms with van der Waals surface area (Å²) in [7, 11) is 0. The lowest BCUT2D eigenvalue weighted by atomic mass is 10.0. The van der Waals surface area contributed by atoms with Crippen molar-refractivity contribution >= 4 is 29.2 Å². The Kier molecular flexibility index (Phi) is 4.42. The molecule has 1 aromatic carbocycles. The highest BCUT2D eigenvalue weighted by atomic mass is 16.5. The van der Waals surface area contributed by atoms with E-state index < -0.39 is 17.9 Å². The lowest BCUT2D eigenvalue weighted by molar-refractivity contribution is -0.133. The van der Waals surface area contributed by atoms with Crippen LogP contribution in [0, 0.1) is 0 Å². The number of anilines is 2. The molecule has 0 radical (unpaired) electrons. The molecule has 0 saturated carbocycles. The molecule has 0 spiro atoms. The average Bonchev–Trinajstić information content (AvgIpc) is 2.44. The summed E-state index contributed by atoms with van der Waals surface area (Å²) in [5, 5.41) is 5.21. The Balaban J connectivity index is 2.17. The van der Waals surface area contributed by atoms with Gasteiger partial charge in [0.15, 0.2) is 0 Å². The molecule has 21 heavy (non-hydrogen) atoms. The highest BCUT2D eigenvalue weighted by Crippen LogP contribution is 2.25. The highest BCUT2D eigenvalue weighted by Gasteiger charge is 2.27. The van der Waals surface area contributed by atoms with Gasteiger partial charge in [0.1, 0.15) is 6.04 Å². The second-order valence-electron chi connectivity index (χ2n) is 4.64. The third-order valence-electron chi connectivity index (χ3n) is 3.17. The summed E-state index contributed by atoms with van der Waals surface area (Å²) in [5.41, 5.74) is 6.88. The Morgan fingerprint density at radius 1 is 1.48 bits per heavy atom. The number of carbonyl (C=O) groups is 3. The molecule has 0 aliphatic carbocycles. The summed E-state index contributed by atoms with van der Waals surface area (Å²) in [5.74, 6) is -1.19. The van der Waals surface area contributed by atoms with E-state index >= 15 is 0 Å². The van der Waals surface area contributed by atoms with Gasteiger partial charge in [0.2, 0.25) is 11.8 Å². The number of amides is 2. The van der Waals surface area contributed by atoms with Gasteiger partial charge < -0.3 is 15.8 Å². The van der Waals surface area contributed by atoms with E-state index in [0.717, 1.165) is 0 Å². The van der Waals surface area contributed by atoms with Crippen LogP contribution in [0.3, 0.4) is 0 Å². The van der Waals surface area contributed by atoms with Gasteiger partial charge in [-0.15, -0.1) is 0 Å². The van der Waals surface area contributed by atoms with E-state index in [9.17, 15) is 14.4 Å². The van der Waals surface area contributed by atoms with Crippen molar-refractivity contribution in [3.05, 3.63) is 23.8 Å². The number of hydrogen-bond acceptors (Lipinski definition) is 6. The van der Waals surface area contributed by atoms with E-state index in [1.54, 1.807) is 25.1 Å². The van der Waals surface area contributed by atoms with E-state index in [1.807, 2.05) is 0 Å². The molecule has 2 amide bonds. The van der Waals surface area contributed by atoms with Crippen molar-refractivity contribution in [3.63, 3.8) is 0 Å². The van der Waals surface area contributed by atoms with E-state index in [4.69, 9.17) is 10.5 Å². The molecule has 7 heteroatoms. The van der Waals surface area contributed by atoms with Gasteiger partial charge in [-0.3, -0.25) is 14.9 Å². The van der Waals surface area contributed by atoms with Crippen LogP contribution in [0.15, 0.2) is 18.2 Å². The quantitative estimate of drug-likeness (QED) is 0.427. The monoisotopic (exact) mass is 291 g/mol. The zero-order chi connectivity index (χ0) is 15.4. The molecule has 1 aliphatic heterocycles. The van der Waals surface area contributed by atoms with Gasteiger partial charge in [0.05, 0.1) is 23.5 Å². The van der Waals surface area contributed by atoms with Gasteiger partial charge in [-0.2, -0.15) is 0 Å². The minimum atomic E-state index is -0.553. The molecular weight excluding hydrogens is 274 g/mol. The molecule has 0 bridgehead atoms. The Morgan fingerprint density at radius 2 is 2.24 bits per heavy atom. The maximum Gasteiger partial charge on any atom is 0.340 e. The maximum absolute atomic E-state index is 11.8. The number of piperidine rings is 1. The van der Waals surface area contributed by atoms with Crippen LogP contribution in [-0.2, 0) is 14.3 Å². The molecule has 1 aromatic rings. The van der Waals surface area contributed by atoms with Gasteiger partial charge in [-0.1, -0.05) is 6.07 Å². The van der Waals surface area contributed by atoms with Crippen molar-refractivity contribution in [2.24, 2.45) is 0 Å². The molecule has 7 nitrogen and oxygen atoms in total. The number of carbonyl (C=O) groups excluding carboxylic acids is 3. The van der Waals surface area contributed by atoms with Crippen LogP contribution >= 0.6 is 0 Å². The topological polar surface area (TPSA) is 111 Å². The van der Waals surface area contributed by atoms with Crippen molar-refractivity contribution in [1.82, 2.24) is 5.32 Å². The zero-order valence-corrected chi connectivity index (χ0v) is 11.6. The number of benzene rings is 1. The summed E-state index contributed by atoms with van der Waals surface area (Å²) >= 11 is 0. The predicted molar refractivity (Wildman–Crippen MR) is 76.6 cm³/mol. The van der Waals surface area contributed by atoms with E-state index in [2.05, 4.69) is 10.6 Å². The van der Waals surface area contributed by atoms with Crippen LogP contribution in [0.1, 0.15) is 30.1 Å². The second kappa shape index (κ2) is 6.25. The fourth-order valence-corrected chi connectivity index (χ4v) is 2.10. The largest absolute Gasteiger partial charge is 0.462 e. The molecule has 1 heterocycles. The second-order valence-corrected chi connectivity index (χ2v) is 4.64. The van der Waals surface area contributed by atoms with Gasteiger partial charge in [-0.25, -0.2) is 4.79 Å². The lowest BCUT2D eigenvalue weighted by Crippen LogP contribution is -2.47. The van der Waals surface area contributed by atoms with Crippen LogP contribution in [0.2, 0.25) is 0 Å². The third-order valence-corrected chi connectivity index (χ3v) is 3.17. The summed E-state index contributed by atoms with van der Waals surface area (Å²) in [4.78, 5) is 34.6. The Hall–Kier alpha value is -2.57. The van der Waals surface area contributed by atoms with Crippen LogP contribution in [-0.4, -0.2) is 30.4 Å². The van der Waals surface area contributed by atoms with Gasteiger partial charge in [0.25, 0.3) is 0 Å². The zero-order valence-electron chi connectivity index (χ0n) is 11.6. The van der Waals surface area contributed by atoms with Crippen molar-refractivity contribution in [1.29, 1.82) is 0 Å². The van der Waals surface area contributed by atoms with Crippen LogP contribution < -0.4 is 16.4 Å². The lowest BCUT2D eigenvalue weighted by Gasteiger charge is -2.23. The maximum atomic E-state index is 11.8. The van der Waals surface area contributed by atoms with Crippen molar-refractivity contribution in [2.45, 2.75) is 25.8 Å². The molecule has 1 aliphatic rings. The number of nitrogens with one attached hydrogen (secondary N) is 2. The minimum Gasteiger partial charge on any atom is -0.462 e. The first-order chi connectivity index (χ1) is 10.0. The number of ether oxygens (including phenoxy) is 1. The molecule has 1 saturated heterocycles. The standard InChI is InChI=1S/C14H17N3O4/c1-2-21-14(20)8-4-3-5-9(12(8)15)16-10-6-7-11(18)17-13(10)19/h3-5,10,16H,2,6-7,15H2,1H3,(H,17,18,19). The molecule has 1 atom stereocenters. The number of rotatable bonds is 4. The highest BCUT2D eigenvalue weighted by molar-refractivity contribution is 6.03. The first-order valence-electron chi connectivity index (χ1n) is 6.68. The molecule has 1 unspecified atom stereocenters. The van der Waals surface area contributed by atoms with Gasteiger partial charge in [0, 0.05) is 6.42 Å². The first kappa shape index (κ1) is 14.8. The summed E-state index contributed by atoms with van der Waals surface area (Å²) < 4.78 is 4.92. The van der Waals surface area contributed by atoms with E-state index in [-0.39, 0.29) is 30.2 Å². The number of nitrogen functional groups attached to an aromatic ring is 1. The van der Waals surface area contributed by atoms with Crippen molar-refractivity contribution in [3.8, 4) is 0 Å². The summed E-state index contributed by atoms with van der Waals surface area (Å²) in [6, 6.07) is 4.32. The molecule has 112 valence electrons. The van der Waals surface area contributed by atoms with Crippen LogP contribution in [0.25, 0.3) is 0 Å². The predicted octanol–water partition coefficient (Wildman–Crippen LogP) is 0.663. The third kappa shape index (κ3) is 3.31. The molecule has 2 rings (SSSR count). The molecular formula is C14H17N3O4. The van der Waals surface area contributed by atoms with Crippen molar-refractivity contribution in [2.75, 3.05) is 17.7 Å². The summed E-state index contributed by atoms with van der Waals surface area (Å²) in [6.07, 6.45) is 0.647. The Morgan fingerprint density at radius 3 is 2.90 bits per heavy atom. The minimum absolute atomic E-state index is 0.223. The van der Waals surface area contributed by atoms with Crippen LogP contribution in [0.5, 0.6) is 0 Å². The average molecular weight is 291 g/mol. The Labute approximate surface area is 121 Å².